The van der Waals surface area contributed by atoms with Gasteiger partial charge in [-0.15, -0.1) is 0 Å². The fourth-order valence-electron chi connectivity index (χ4n) is 10.3. The lowest BCUT2D eigenvalue weighted by atomic mass is 10.1. The number of unbranched alkanes of at least 4 members (excludes halogenated alkanes) is 10. The average Bonchev–Trinajstić information content (AvgIpc) is 2.29. The number of halogens is 1. The SMILES string of the molecule is CCCCCCCCOc1ccccc1-n1ncc(N2CCN(S(=O)(=O)Cc3ccccc3)CC2)c(Cl)c1=O.CCCCCCCCOc1ccccc1-n1ncc(N2CCN(S(=O)(=O)Cc3ccccc3)CC2)c(OCc2ccccc2)c1=O. The van der Waals surface area contributed by atoms with E-state index in [9.17, 15) is 26.4 Å². The Balaban J connectivity index is 0.000000224. The molecule has 0 unspecified atom stereocenters. The first-order chi connectivity index (χ1) is 41.4. The van der Waals surface area contributed by atoms with Crippen molar-refractivity contribution in [3.63, 3.8) is 0 Å². The standard InChI is InChI=1S/C36H44N4O5S.C29H37ClN4O4S/c1-2-3-4-5-6-15-26-44-34-21-14-13-20-32(34)40-36(41)35(45-28-30-16-9-7-10-17-30)33(27-37-40)38-22-24-39(25-23-38)46(42,43)29-31-18-11-8-12-19-31;1-2-3-4-5-6-12-21-38-27-16-11-10-15-25(27)34-29(35)28(30)26(22-31-34)32-17-19-33(20-18-32)39(36,37)23-24-13-8-7-9-14-24/h7-14,16-21,27H,2-6,15,22-26,28-29H2,1H3;7-11,13-16,22H,2-6,12,17-21,23H2,1H3. The number of para-hydroxylation sites is 4. The van der Waals surface area contributed by atoms with E-state index in [0.29, 0.717) is 99.8 Å². The summed E-state index contributed by atoms with van der Waals surface area (Å²) in [7, 11) is -6.94. The molecule has 0 N–H and O–H groups in total. The lowest BCUT2D eigenvalue weighted by Crippen LogP contribution is -2.49. The summed E-state index contributed by atoms with van der Waals surface area (Å²) >= 11 is 6.57. The van der Waals surface area contributed by atoms with Gasteiger partial charge in [-0.2, -0.15) is 28.2 Å². The zero-order valence-electron chi connectivity index (χ0n) is 49.1. The number of hydrogen-bond donors (Lipinski definition) is 0. The van der Waals surface area contributed by atoms with E-state index in [1.54, 1.807) is 18.5 Å². The lowest BCUT2D eigenvalue weighted by Gasteiger charge is -2.35. The summed E-state index contributed by atoms with van der Waals surface area (Å²) in [6.07, 6.45) is 17.2. The van der Waals surface area contributed by atoms with Crippen molar-refractivity contribution in [1.29, 1.82) is 0 Å². The van der Waals surface area contributed by atoms with Gasteiger partial charge in [0.2, 0.25) is 25.8 Å². The highest BCUT2D eigenvalue weighted by atomic mass is 35.5. The van der Waals surface area contributed by atoms with Crippen LogP contribution in [-0.2, 0) is 38.2 Å². The van der Waals surface area contributed by atoms with E-state index in [1.807, 2.05) is 143 Å². The maximum Gasteiger partial charge on any atom is 0.316 e. The van der Waals surface area contributed by atoms with Crippen LogP contribution in [0.25, 0.3) is 11.4 Å². The molecule has 4 heterocycles. The van der Waals surface area contributed by atoms with Gasteiger partial charge in [0.1, 0.15) is 40.2 Å². The summed E-state index contributed by atoms with van der Waals surface area (Å²) in [5.41, 5.74) is 3.73. The van der Waals surface area contributed by atoms with Crippen molar-refractivity contribution in [2.24, 2.45) is 0 Å². The van der Waals surface area contributed by atoms with E-state index in [2.05, 4.69) is 24.0 Å². The van der Waals surface area contributed by atoms with E-state index in [1.165, 1.54) is 69.3 Å². The first-order valence-corrected chi connectivity index (χ1v) is 33.5. The van der Waals surface area contributed by atoms with Gasteiger partial charge in [-0.3, -0.25) is 9.59 Å². The highest BCUT2D eigenvalue weighted by Crippen LogP contribution is 2.31. The van der Waals surface area contributed by atoms with Gasteiger partial charge in [0.25, 0.3) is 5.56 Å². The second kappa shape index (κ2) is 32.5. The van der Waals surface area contributed by atoms with Gasteiger partial charge < -0.3 is 24.0 Å². The summed E-state index contributed by atoms with van der Waals surface area (Å²) < 4.78 is 76.2. The number of rotatable bonds is 29. The molecule has 2 saturated heterocycles. The molecular weight excluding hydrogens is 1140 g/mol. The van der Waals surface area contributed by atoms with Crippen LogP contribution in [0.2, 0.25) is 5.02 Å². The normalized spacial score (nSPS) is 14.2. The third-order valence-corrected chi connectivity index (χ3v) is 19.1. The summed E-state index contributed by atoms with van der Waals surface area (Å²) in [4.78, 5) is 31.3. The highest BCUT2D eigenvalue weighted by molar-refractivity contribution is 7.88. The van der Waals surface area contributed by atoms with Crippen LogP contribution in [-0.4, -0.2) is 111 Å². The molecular formula is C65H81ClN8O9S2. The van der Waals surface area contributed by atoms with Crippen molar-refractivity contribution in [3.8, 4) is 28.6 Å². The molecule has 2 aliphatic rings. The van der Waals surface area contributed by atoms with Gasteiger partial charge in [0.05, 0.1) is 42.8 Å². The molecule has 0 amide bonds. The fourth-order valence-corrected chi connectivity index (χ4v) is 13.6. The van der Waals surface area contributed by atoms with Crippen molar-refractivity contribution in [2.75, 3.05) is 75.4 Å². The fraction of sp³-hybridized carbons (Fsp3) is 0.415. The Kier molecular flexibility index (Phi) is 24.4. The zero-order chi connectivity index (χ0) is 59.9. The molecule has 17 nitrogen and oxygen atoms in total. The highest BCUT2D eigenvalue weighted by Gasteiger charge is 2.31. The van der Waals surface area contributed by atoms with Crippen LogP contribution >= 0.6 is 11.6 Å². The van der Waals surface area contributed by atoms with Crippen LogP contribution in [0.5, 0.6) is 17.2 Å². The Morgan fingerprint density at radius 3 is 1.26 bits per heavy atom. The van der Waals surface area contributed by atoms with Crippen LogP contribution in [0.15, 0.2) is 162 Å². The molecule has 0 radical (unpaired) electrons. The minimum Gasteiger partial charge on any atom is -0.491 e. The molecule has 2 aromatic heterocycles. The second-order valence-corrected chi connectivity index (χ2v) is 25.7. The number of sulfonamides is 2. The Bertz CT molecular complexity index is 3530. The molecule has 0 bridgehead atoms. The van der Waals surface area contributed by atoms with Crippen LogP contribution < -0.4 is 35.1 Å². The Labute approximate surface area is 506 Å². The number of ether oxygens (including phenoxy) is 3. The average molecular weight is 1220 g/mol. The molecule has 0 spiro atoms. The van der Waals surface area contributed by atoms with Crippen LogP contribution in [0.4, 0.5) is 11.4 Å². The van der Waals surface area contributed by atoms with Crippen molar-refractivity contribution >= 4 is 43.0 Å². The first-order valence-electron chi connectivity index (χ1n) is 29.9. The molecule has 0 atom stereocenters. The van der Waals surface area contributed by atoms with E-state index in [0.717, 1.165) is 42.4 Å². The second-order valence-electron chi connectivity index (χ2n) is 21.3. The van der Waals surface area contributed by atoms with E-state index < -0.39 is 31.2 Å². The first kappa shape index (κ1) is 64.0. The largest absolute Gasteiger partial charge is 0.491 e. The van der Waals surface area contributed by atoms with E-state index in [4.69, 9.17) is 25.8 Å². The van der Waals surface area contributed by atoms with Gasteiger partial charge in [0.15, 0.2) is 0 Å². The maximum absolute atomic E-state index is 14.1. The Morgan fingerprint density at radius 1 is 0.424 bits per heavy atom. The van der Waals surface area contributed by atoms with Gasteiger partial charge >= 0.3 is 5.56 Å². The molecule has 85 heavy (non-hydrogen) atoms. The topological polar surface area (TPSA) is 179 Å². The summed E-state index contributed by atoms with van der Waals surface area (Å²) in [5.74, 6) is 1.26. The van der Waals surface area contributed by atoms with Crippen molar-refractivity contribution < 1.29 is 31.0 Å². The van der Waals surface area contributed by atoms with Gasteiger partial charge in [-0.25, -0.2) is 16.8 Å². The minimum absolute atomic E-state index is 0.0352. The molecule has 2 fully saturated rings. The van der Waals surface area contributed by atoms with Crippen LogP contribution in [0, 0.1) is 0 Å². The predicted octanol–water partition coefficient (Wildman–Crippen LogP) is 11.5. The molecule has 7 aromatic rings. The Hall–Kier alpha value is -7.03. The number of hydrogen-bond acceptors (Lipinski definition) is 13. The molecule has 9 rings (SSSR count). The third kappa shape index (κ3) is 18.2. The van der Waals surface area contributed by atoms with Gasteiger partial charge in [0, 0.05) is 52.4 Å². The quantitative estimate of drug-likeness (QED) is 0.0405. The molecule has 454 valence electrons. The summed E-state index contributed by atoms with van der Waals surface area (Å²) in [5, 5.41) is 9.04. The van der Waals surface area contributed by atoms with Crippen LogP contribution in [0.1, 0.15) is 108 Å². The summed E-state index contributed by atoms with van der Waals surface area (Å²) in [6, 6.07) is 42.8. The molecule has 0 saturated carbocycles. The predicted molar refractivity (Wildman–Crippen MR) is 339 cm³/mol. The molecule has 0 aliphatic carbocycles. The monoisotopic (exact) mass is 1220 g/mol. The Morgan fingerprint density at radius 2 is 0.800 bits per heavy atom. The van der Waals surface area contributed by atoms with Crippen molar-refractivity contribution in [1.82, 2.24) is 28.2 Å². The van der Waals surface area contributed by atoms with Gasteiger partial charge in [-0.1, -0.05) is 205 Å². The number of piperazine rings is 2. The minimum atomic E-state index is -3.49. The lowest BCUT2D eigenvalue weighted by molar-refractivity contribution is 0.295. The van der Waals surface area contributed by atoms with E-state index >= 15 is 0 Å². The molecule has 2 aliphatic heterocycles. The number of nitrogens with zero attached hydrogens (tertiary/aromatic N) is 8. The number of benzene rings is 5. The number of anilines is 2. The number of aromatic nitrogens is 4. The molecule has 5 aromatic carbocycles. The maximum atomic E-state index is 14.1. The van der Waals surface area contributed by atoms with Gasteiger partial charge in [-0.05, 0) is 53.8 Å². The van der Waals surface area contributed by atoms with Crippen LogP contribution in [0.3, 0.4) is 0 Å². The third-order valence-electron chi connectivity index (χ3n) is 15.1. The zero-order valence-corrected chi connectivity index (χ0v) is 51.4. The smallest absolute Gasteiger partial charge is 0.316 e. The summed E-state index contributed by atoms with van der Waals surface area (Å²) in [6.45, 7) is 8.59. The van der Waals surface area contributed by atoms with E-state index in [-0.39, 0.29) is 28.9 Å². The van der Waals surface area contributed by atoms with Crippen molar-refractivity contribution in [2.45, 2.75) is 109 Å². The van der Waals surface area contributed by atoms with Crippen molar-refractivity contribution in [3.05, 3.63) is 194 Å². The molecule has 20 heteroatoms.